The number of ether oxygens (including phenoxy) is 1. The van der Waals surface area contributed by atoms with Gasteiger partial charge in [0.25, 0.3) is 0 Å². The minimum Gasteiger partial charge on any atom is -0.495 e. The standard InChI is InChI=1S/C23H26ClNOS/c1-17(2)12-18-4-6-19(7-5-18)14-25(15-20-10-11-27-16-20)21-8-9-22(24)23(13-21)26-3/h4-11,13,16-17H,12,14-15H2,1-3H3. The van der Waals surface area contributed by atoms with Crippen molar-refractivity contribution in [3.05, 3.63) is 81.0 Å². The van der Waals surface area contributed by atoms with E-state index in [-0.39, 0.29) is 0 Å². The quantitative estimate of drug-likeness (QED) is 0.412. The number of methoxy groups -OCH3 is 1. The molecule has 0 atom stereocenters. The molecule has 0 saturated carbocycles. The zero-order valence-electron chi connectivity index (χ0n) is 16.1. The zero-order chi connectivity index (χ0) is 19.2. The first-order chi connectivity index (χ1) is 13.0. The zero-order valence-corrected chi connectivity index (χ0v) is 17.7. The first-order valence-electron chi connectivity index (χ1n) is 9.22. The van der Waals surface area contributed by atoms with Gasteiger partial charge in [-0.15, -0.1) is 0 Å². The Kier molecular flexibility index (Phi) is 6.81. The lowest BCUT2D eigenvalue weighted by Crippen LogP contribution is -2.21. The van der Waals surface area contributed by atoms with Crippen LogP contribution in [0.25, 0.3) is 0 Å². The summed E-state index contributed by atoms with van der Waals surface area (Å²) in [6, 6.07) is 17.1. The van der Waals surface area contributed by atoms with Crippen molar-refractivity contribution in [2.75, 3.05) is 12.0 Å². The Bertz CT molecular complexity index is 843. The summed E-state index contributed by atoms with van der Waals surface area (Å²) in [4.78, 5) is 2.36. The summed E-state index contributed by atoms with van der Waals surface area (Å²) in [5.74, 6) is 1.38. The van der Waals surface area contributed by atoms with E-state index in [9.17, 15) is 0 Å². The molecule has 142 valence electrons. The molecule has 0 spiro atoms. The monoisotopic (exact) mass is 399 g/mol. The number of hydrogen-bond donors (Lipinski definition) is 0. The number of anilines is 1. The maximum atomic E-state index is 6.22. The maximum Gasteiger partial charge on any atom is 0.139 e. The number of nitrogens with zero attached hydrogens (tertiary/aromatic N) is 1. The number of rotatable bonds is 8. The van der Waals surface area contributed by atoms with Crippen LogP contribution in [0, 0.1) is 5.92 Å². The average Bonchev–Trinajstić information content (AvgIpc) is 3.16. The van der Waals surface area contributed by atoms with Crippen molar-refractivity contribution >= 4 is 28.6 Å². The van der Waals surface area contributed by atoms with Crippen LogP contribution in [0.1, 0.15) is 30.5 Å². The smallest absolute Gasteiger partial charge is 0.139 e. The van der Waals surface area contributed by atoms with E-state index in [2.05, 4.69) is 65.9 Å². The molecule has 0 amide bonds. The van der Waals surface area contributed by atoms with Crippen molar-refractivity contribution in [3.8, 4) is 5.75 Å². The minimum atomic E-state index is 0.634. The second kappa shape index (κ2) is 9.29. The molecule has 3 aromatic rings. The Morgan fingerprint density at radius 2 is 1.67 bits per heavy atom. The highest BCUT2D eigenvalue weighted by atomic mass is 35.5. The summed E-state index contributed by atoms with van der Waals surface area (Å²) in [7, 11) is 1.65. The molecule has 0 saturated heterocycles. The van der Waals surface area contributed by atoms with Crippen LogP contribution in [0.5, 0.6) is 5.75 Å². The van der Waals surface area contributed by atoms with Gasteiger partial charge >= 0.3 is 0 Å². The molecule has 0 aliphatic rings. The van der Waals surface area contributed by atoms with Gasteiger partial charge in [0.15, 0.2) is 0 Å². The third-order valence-corrected chi connectivity index (χ3v) is 5.54. The number of thiophene rings is 1. The molecule has 0 aliphatic heterocycles. The van der Waals surface area contributed by atoms with Gasteiger partial charge in [-0.3, -0.25) is 0 Å². The molecule has 3 rings (SSSR count). The highest BCUT2D eigenvalue weighted by molar-refractivity contribution is 7.07. The molecule has 0 fully saturated rings. The van der Waals surface area contributed by atoms with Crippen LogP contribution in [0.3, 0.4) is 0 Å². The summed E-state index contributed by atoms with van der Waals surface area (Å²) in [6.45, 7) is 6.19. The molecular weight excluding hydrogens is 374 g/mol. The van der Waals surface area contributed by atoms with E-state index in [1.54, 1.807) is 18.4 Å². The second-order valence-corrected chi connectivity index (χ2v) is 8.41. The fraction of sp³-hybridized carbons (Fsp3) is 0.304. The number of hydrogen-bond acceptors (Lipinski definition) is 3. The van der Waals surface area contributed by atoms with Crippen LogP contribution in [-0.4, -0.2) is 7.11 Å². The molecule has 2 nitrogen and oxygen atoms in total. The summed E-state index contributed by atoms with van der Waals surface area (Å²) in [5, 5.41) is 4.96. The first kappa shape index (κ1) is 19.8. The van der Waals surface area contributed by atoms with Crippen LogP contribution in [0.15, 0.2) is 59.3 Å². The fourth-order valence-electron chi connectivity index (χ4n) is 3.16. The van der Waals surface area contributed by atoms with Crippen molar-refractivity contribution in [2.24, 2.45) is 5.92 Å². The van der Waals surface area contributed by atoms with Crippen LogP contribution >= 0.6 is 22.9 Å². The van der Waals surface area contributed by atoms with Gasteiger partial charge in [0.2, 0.25) is 0 Å². The van der Waals surface area contributed by atoms with E-state index in [1.807, 2.05) is 12.1 Å². The Morgan fingerprint density at radius 3 is 2.30 bits per heavy atom. The third kappa shape index (κ3) is 5.50. The van der Waals surface area contributed by atoms with Crippen LogP contribution in [-0.2, 0) is 19.5 Å². The Morgan fingerprint density at radius 1 is 0.963 bits per heavy atom. The molecule has 1 aromatic heterocycles. The highest BCUT2D eigenvalue weighted by Gasteiger charge is 2.12. The fourth-order valence-corrected chi connectivity index (χ4v) is 4.01. The SMILES string of the molecule is COc1cc(N(Cc2ccc(CC(C)C)cc2)Cc2ccsc2)ccc1Cl. The van der Waals surface area contributed by atoms with Crippen molar-refractivity contribution < 1.29 is 4.74 Å². The topological polar surface area (TPSA) is 12.5 Å². The van der Waals surface area contributed by atoms with Gasteiger partial charge in [0, 0.05) is 24.8 Å². The normalized spacial score (nSPS) is 11.0. The summed E-state index contributed by atoms with van der Waals surface area (Å²) < 4.78 is 5.42. The molecule has 1 heterocycles. The highest BCUT2D eigenvalue weighted by Crippen LogP contribution is 2.31. The third-order valence-electron chi connectivity index (χ3n) is 4.49. The van der Waals surface area contributed by atoms with E-state index in [4.69, 9.17) is 16.3 Å². The lowest BCUT2D eigenvalue weighted by Gasteiger charge is -2.25. The Labute approximate surface area is 171 Å². The van der Waals surface area contributed by atoms with E-state index < -0.39 is 0 Å². The average molecular weight is 400 g/mol. The van der Waals surface area contributed by atoms with Gasteiger partial charge < -0.3 is 9.64 Å². The van der Waals surface area contributed by atoms with Gasteiger partial charge in [0.05, 0.1) is 12.1 Å². The van der Waals surface area contributed by atoms with Crippen molar-refractivity contribution in [1.29, 1.82) is 0 Å². The lowest BCUT2D eigenvalue weighted by molar-refractivity contribution is 0.415. The van der Waals surface area contributed by atoms with E-state index in [1.165, 1.54) is 16.7 Å². The van der Waals surface area contributed by atoms with Crippen LogP contribution in [0.2, 0.25) is 5.02 Å². The number of halogens is 1. The molecule has 0 bridgehead atoms. The summed E-state index contributed by atoms with van der Waals surface area (Å²) in [6.07, 6.45) is 1.12. The van der Waals surface area contributed by atoms with Crippen LogP contribution in [0.4, 0.5) is 5.69 Å². The molecule has 0 unspecified atom stereocenters. The predicted octanol–water partition coefficient (Wildman–Crippen LogP) is 6.82. The van der Waals surface area contributed by atoms with Gasteiger partial charge in [-0.2, -0.15) is 11.3 Å². The van der Waals surface area contributed by atoms with Crippen LogP contribution < -0.4 is 9.64 Å². The second-order valence-electron chi connectivity index (χ2n) is 7.22. The molecule has 2 aromatic carbocycles. The van der Waals surface area contributed by atoms with Gasteiger partial charge in [-0.05, 0) is 58.0 Å². The minimum absolute atomic E-state index is 0.634. The Balaban J connectivity index is 1.83. The number of benzene rings is 2. The Hall–Kier alpha value is -1.97. The van der Waals surface area contributed by atoms with E-state index >= 15 is 0 Å². The lowest BCUT2D eigenvalue weighted by atomic mass is 10.0. The predicted molar refractivity (Wildman–Crippen MR) is 117 cm³/mol. The van der Waals surface area contributed by atoms with Gasteiger partial charge in [-0.25, -0.2) is 0 Å². The molecule has 0 radical (unpaired) electrons. The molecule has 4 heteroatoms. The molecule has 0 aliphatic carbocycles. The maximum absolute atomic E-state index is 6.22. The van der Waals surface area contributed by atoms with E-state index in [0.29, 0.717) is 16.7 Å². The van der Waals surface area contributed by atoms with Crippen molar-refractivity contribution in [2.45, 2.75) is 33.4 Å². The van der Waals surface area contributed by atoms with Gasteiger partial charge in [0.1, 0.15) is 5.75 Å². The molecule has 27 heavy (non-hydrogen) atoms. The molecular formula is C23H26ClNOS. The largest absolute Gasteiger partial charge is 0.495 e. The molecule has 0 N–H and O–H groups in total. The summed E-state index contributed by atoms with van der Waals surface area (Å²) in [5.41, 5.74) is 5.11. The van der Waals surface area contributed by atoms with Crippen molar-refractivity contribution in [3.63, 3.8) is 0 Å². The van der Waals surface area contributed by atoms with Gasteiger partial charge in [-0.1, -0.05) is 49.7 Å². The first-order valence-corrected chi connectivity index (χ1v) is 10.5. The van der Waals surface area contributed by atoms with Crippen molar-refractivity contribution in [1.82, 2.24) is 0 Å². The van der Waals surface area contributed by atoms with E-state index in [0.717, 1.165) is 25.2 Å². The summed E-state index contributed by atoms with van der Waals surface area (Å²) >= 11 is 7.95.